The average molecular weight is 350 g/mol. The van der Waals surface area contributed by atoms with Crippen molar-refractivity contribution >= 4 is 21.6 Å². The molecule has 2 heterocycles. The summed E-state index contributed by atoms with van der Waals surface area (Å²) in [6.45, 7) is 10.8. The molecule has 6 heteroatoms. The smallest absolute Gasteiger partial charge is 0.243 e. The number of hydrogen-bond acceptors (Lipinski definition) is 3. The van der Waals surface area contributed by atoms with Crippen LogP contribution in [0.2, 0.25) is 0 Å². The van der Waals surface area contributed by atoms with Gasteiger partial charge in [-0.3, -0.25) is 4.79 Å². The zero-order valence-corrected chi connectivity index (χ0v) is 15.8. The second-order valence-electron chi connectivity index (χ2n) is 8.01. The molecule has 1 saturated heterocycles. The standard InChI is InChI=1S/C18H26N2O3S/c1-11-6-12(2)10-20(9-11)24(22,23)14-7-13(3)16-15(8-14)18(4,5)17(21)19-16/h7-8,11-12H,6,9-10H2,1-5H3,(H,19,21)/t11-,12-/m1/s1. The molecule has 0 bridgehead atoms. The van der Waals surface area contributed by atoms with E-state index in [1.807, 2.05) is 20.8 Å². The molecule has 3 rings (SSSR count). The van der Waals surface area contributed by atoms with E-state index in [0.29, 0.717) is 29.8 Å². The zero-order valence-electron chi connectivity index (χ0n) is 15.0. The van der Waals surface area contributed by atoms with E-state index in [1.54, 1.807) is 16.4 Å². The summed E-state index contributed by atoms with van der Waals surface area (Å²) in [6, 6.07) is 3.36. The number of piperidine rings is 1. The SMILES string of the molecule is Cc1cc(S(=O)(=O)N2C[C@H](C)C[C@@H](C)C2)cc2c1NC(=O)C2(C)C. The minimum atomic E-state index is -3.55. The van der Waals surface area contributed by atoms with Crippen LogP contribution in [0, 0.1) is 18.8 Å². The Kier molecular flexibility index (Phi) is 4.04. The summed E-state index contributed by atoms with van der Waals surface area (Å²) in [6.07, 6.45) is 1.06. The van der Waals surface area contributed by atoms with Crippen LogP contribution in [-0.4, -0.2) is 31.7 Å². The largest absolute Gasteiger partial charge is 0.325 e. The molecular weight excluding hydrogens is 324 g/mol. The number of amides is 1. The first kappa shape index (κ1) is 17.4. The molecule has 5 nitrogen and oxygen atoms in total. The molecule has 1 amide bonds. The van der Waals surface area contributed by atoms with E-state index in [2.05, 4.69) is 19.2 Å². The first-order valence-corrected chi connectivity index (χ1v) is 9.94. The number of benzene rings is 1. The lowest BCUT2D eigenvalue weighted by Crippen LogP contribution is -2.42. The molecule has 1 aromatic rings. The number of carbonyl (C=O) groups excluding carboxylic acids is 1. The highest BCUT2D eigenvalue weighted by Crippen LogP contribution is 2.41. The summed E-state index contributed by atoms with van der Waals surface area (Å²) in [4.78, 5) is 12.5. The second-order valence-corrected chi connectivity index (χ2v) is 9.95. The van der Waals surface area contributed by atoms with Crippen molar-refractivity contribution in [3.05, 3.63) is 23.3 Å². The van der Waals surface area contributed by atoms with Crippen molar-refractivity contribution in [3.8, 4) is 0 Å². The quantitative estimate of drug-likeness (QED) is 0.892. The molecule has 2 atom stereocenters. The van der Waals surface area contributed by atoms with Crippen molar-refractivity contribution < 1.29 is 13.2 Å². The van der Waals surface area contributed by atoms with Crippen molar-refractivity contribution in [1.82, 2.24) is 4.31 Å². The molecule has 0 spiro atoms. The lowest BCUT2D eigenvalue weighted by atomic mass is 9.85. The van der Waals surface area contributed by atoms with Crippen molar-refractivity contribution in [3.63, 3.8) is 0 Å². The van der Waals surface area contributed by atoms with Gasteiger partial charge in [0.05, 0.1) is 10.3 Å². The Hall–Kier alpha value is -1.40. The average Bonchev–Trinajstić information content (AvgIpc) is 2.69. The maximum Gasteiger partial charge on any atom is 0.243 e. The molecule has 2 aliphatic rings. The Balaban J connectivity index is 2.06. The van der Waals surface area contributed by atoms with Crippen molar-refractivity contribution in [2.75, 3.05) is 18.4 Å². The first-order valence-electron chi connectivity index (χ1n) is 8.50. The van der Waals surface area contributed by atoms with Gasteiger partial charge in [-0.2, -0.15) is 4.31 Å². The number of anilines is 1. The molecule has 1 aromatic carbocycles. The van der Waals surface area contributed by atoms with Crippen molar-refractivity contribution in [1.29, 1.82) is 0 Å². The van der Waals surface area contributed by atoms with E-state index >= 15 is 0 Å². The van der Waals surface area contributed by atoms with Crippen molar-refractivity contribution in [2.45, 2.75) is 51.3 Å². The Morgan fingerprint density at radius 3 is 2.33 bits per heavy atom. The van der Waals surface area contributed by atoms with E-state index in [9.17, 15) is 13.2 Å². The predicted molar refractivity (Wildman–Crippen MR) is 94.5 cm³/mol. The van der Waals surface area contributed by atoms with E-state index in [-0.39, 0.29) is 5.91 Å². The Morgan fingerprint density at radius 2 is 1.75 bits per heavy atom. The summed E-state index contributed by atoms with van der Waals surface area (Å²) in [5, 5.41) is 2.88. The fraction of sp³-hybridized carbons (Fsp3) is 0.611. The number of aryl methyl sites for hydroxylation is 1. The molecule has 0 saturated carbocycles. The molecule has 1 N–H and O–H groups in total. The fourth-order valence-corrected chi connectivity index (χ4v) is 5.70. The Bertz CT molecular complexity index is 789. The van der Waals surface area contributed by atoms with Gasteiger partial charge in [-0.1, -0.05) is 13.8 Å². The van der Waals surface area contributed by atoms with Crippen LogP contribution in [0.1, 0.15) is 45.2 Å². The van der Waals surface area contributed by atoms with Crippen LogP contribution >= 0.6 is 0 Å². The van der Waals surface area contributed by atoms with E-state index in [4.69, 9.17) is 0 Å². The topological polar surface area (TPSA) is 66.5 Å². The fourth-order valence-electron chi connectivity index (χ4n) is 3.91. The Labute approximate surface area is 144 Å². The lowest BCUT2D eigenvalue weighted by molar-refractivity contribution is -0.119. The van der Waals surface area contributed by atoms with Gasteiger partial charge in [-0.15, -0.1) is 0 Å². The van der Waals surface area contributed by atoms with Crippen LogP contribution < -0.4 is 5.32 Å². The number of nitrogens with one attached hydrogen (secondary N) is 1. The Morgan fingerprint density at radius 1 is 1.17 bits per heavy atom. The normalized spacial score (nSPS) is 27.0. The molecule has 24 heavy (non-hydrogen) atoms. The van der Waals surface area contributed by atoms with Gasteiger partial charge in [0.1, 0.15) is 0 Å². The van der Waals surface area contributed by atoms with E-state index in [0.717, 1.165) is 23.2 Å². The van der Waals surface area contributed by atoms with Gasteiger partial charge in [0.15, 0.2) is 0 Å². The maximum absolute atomic E-state index is 13.1. The zero-order chi connectivity index (χ0) is 17.9. The number of nitrogens with zero attached hydrogens (tertiary/aromatic N) is 1. The summed E-state index contributed by atoms with van der Waals surface area (Å²) in [5.41, 5.74) is 1.60. The van der Waals surface area contributed by atoms with Crippen LogP contribution in [0.25, 0.3) is 0 Å². The minimum Gasteiger partial charge on any atom is -0.325 e. The maximum atomic E-state index is 13.1. The number of fused-ring (bicyclic) bond motifs is 1. The highest BCUT2D eigenvalue weighted by atomic mass is 32.2. The van der Waals surface area contributed by atoms with Gasteiger partial charge >= 0.3 is 0 Å². The first-order chi connectivity index (χ1) is 11.0. The highest BCUT2D eigenvalue weighted by Gasteiger charge is 2.41. The monoisotopic (exact) mass is 350 g/mol. The third-order valence-electron chi connectivity index (χ3n) is 5.26. The summed E-state index contributed by atoms with van der Waals surface area (Å²) < 4.78 is 27.9. The van der Waals surface area contributed by atoms with Crippen LogP contribution in [0.3, 0.4) is 0 Å². The third kappa shape index (κ3) is 2.65. The molecule has 0 aromatic heterocycles. The van der Waals surface area contributed by atoms with Crippen LogP contribution in [0.5, 0.6) is 0 Å². The second kappa shape index (κ2) is 5.56. The van der Waals surface area contributed by atoms with Gasteiger partial charge in [0.25, 0.3) is 0 Å². The molecule has 1 fully saturated rings. The third-order valence-corrected chi connectivity index (χ3v) is 7.07. The van der Waals surface area contributed by atoms with E-state index in [1.165, 1.54) is 0 Å². The van der Waals surface area contributed by atoms with Crippen LogP contribution in [-0.2, 0) is 20.2 Å². The molecule has 0 aliphatic carbocycles. The number of sulfonamides is 1. The molecule has 0 unspecified atom stereocenters. The molecule has 2 aliphatic heterocycles. The van der Waals surface area contributed by atoms with Crippen molar-refractivity contribution in [2.24, 2.45) is 11.8 Å². The molecule has 132 valence electrons. The van der Waals surface area contributed by atoms with Gasteiger partial charge in [-0.05, 0) is 62.3 Å². The lowest BCUT2D eigenvalue weighted by Gasteiger charge is -2.34. The van der Waals surface area contributed by atoms with E-state index < -0.39 is 15.4 Å². The van der Waals surface area contributed by atoms with Gasteiger partial charge in [0.2, 0.25) is 15.9 Å². The summed E-state index contributed by atoms with van der Waals surface area (Å²) in [7, 11) is -3.55. The van der Waals surface area contributed by atoms with Gasteiger partial charge < -0.3 is 5.32 Å². The van der Waals surface area contributed by atoms with Gasteiger partial charge in [0, 0.05) is 18.8 Å². The predicted octanol–water partition coefficient (Wildman–Crippen LogP) is 2.89. The highest BCUT2D eigenvalue weighted by molar-refractivity contribution is 7.89. The van der Waals surface area contributed by atoms with Crippen LogP contribution in [0.15, 0.2) is 17.0 Å². The summed E-state index contributed by atoms with van der Waals surface area (Å²) >= 11 is 0. The van der Waals surface area contributed by atoms with Crippen LogP contribution in [0.4, 0.5) is 5.69 Å². The minimum absolute atomic E-state index is 0.0876. The molecular formula is C18H26N2O3S. The van der Waals surface area contributed by atoms with Gasteiger partial charge in [-0.25, -0.2) is 8.42 Å². The molecule has 0 radical (unpaired) electrons. The summed E-state index contributed by atoms with van der Waals surface area (Å²) in [5.74, 6) is 0.632. The number of hydrogen-bond donors (Lipinski definition) is 1. The number of carbonyl (C=O) groups is 1. The number of rotatable bonds is 2.